The van der Waals surface area contributed by atoms with Gasteiger partial charge in [-0.3, -0.25) is 0 Å². The van der Waals surface area contributed by atoms with Gasteiger partial charge in [-0.05, 0) is 17.7 Å². The Hall–Kier alpha value is -1.95. The van der Waals surface area contributed by atoms with Crippen molar-refractivity contribution in [3.63, 3.8) is 0 Å². The average Bonchev–Trinajstić information content (AvgIpc) is 2.98. The van der Waals surface area contributed by atoms with Crippen LogP contribution < -0.4 is 4.74 Å². The molecule has 0 spiro atoms. The first kappa shape index (κ1) is 17.9. The van der Waals surface area contributed by atoms with Crippen molar-refractivity contribution in [1.82, 2.24) is 4.90 Å². The van der Waals surface area contributed by atoms with Crippen LogP contribution in [0.15, 0.2) is 48.5 Å². The highest BCUT2D eigenvalue weighted by Gasteiger charge is 2.36. The normalized spacial score (nSPS) is 19.7. The zero-order chi connectivity index (χ0) is 17.8. The summed E-state index contributed by atoms with van der Waals surface area (Å²) in [6.07, 6.45) is -1.93. The molecule has 1 amide bonds. The number of carbonyl (C=O) groups is 1. The van der Waals surface area contributed by atoms with Crippen LogP contribution in [0.25, 0.3) is 0 Å². The van der Waals surface area contributed by atoms with E-state index in [4.69, 9.17) is 32.7 Å². The van der Waals surface area contributed by atoms with E-state index in [-0.39, 0.29) is 24.7 Å². The lowest BCUT2D eigenvalue weighted by atomic mass is 10.2. The molecule has 2 aromatic rings. The maximum atomic E-state index is 12.2. The van der Waals surface area contributed by atoms with Gasteiger partial charge in [-0.15, -0.1) is 0 Å². The molecule has 1 saturated heterocycles. The van der Waals surface area contributed by atoms with E-state index in [0.29, 0.717) is 10.8 Å². The molecule has 0 saturated carbocycles. The molecule has 1 fully saturated rings. The van der Waals surface area contributed by atoms with Crippen molar-refractivity contribution < 1.29 is 19.4 Å². The van der Waals surface area contributed by atoms with Gasteiger partial charge in [0.1, 0.15) is 29.6 Å². The fourth-order valence-electron chi connectivity index (χ4n) is 2.57. The first-order valence-corrected chi connectivity index (χ1v) is 8.54. The van der Waals surface area contributed by atoms with Crippen molar-refractivity contribution >= 4 is 29.3 Å². The lowest BCUT2D eigenvalue weighted by molar-refractivity contribution is 0.0736. The summed E-state index contributed by atoms with van der Waals surface area (Å²) in [5.74, 6) is 0.373. The lowest BCUT2D eigenvalue weighted by Gasteiger charge is -2.18. The molecule has 5 nitrogen and oxygen atoms in total. The summed E-state index contributed by atoms with van der Waals surface area (Å²) in [4.78, 5) is 13.6. The molecule has 0 aromatic heterocycles. The lowest BCUT2D eigenvalue weighted by Crippen LogP contribution is -2.31. The van der Waals surface area contributed by atoms with Gasteiger partial charge in [0.05, 0.1) is 18.1 Å². The van der Waals surface area contributed by atoms with Crippen molar-refractivity contribution in [2.75, 3.05) is 13.1 Å². The number of rotatable bonds is 4. The Morgan fingerprint density at radius 2 is 1.88 bits per heavy atom. The van der Waals surface area contributed by atoms with Gasteiger partial charge in [-0.25, -0.2) is 4.79 Å². The van der Waals surface area contributed by atoms with Gasteiger partial charge in [0, 0.05) is 0 Å². The van der Waals surface area contributed by atoms with E-state index in [9.17, 15) is 9.90 Å². The second kappa shape index (κ2) is 7.95. The summed E-state index contributed by atoms with van der Waals surface area (Å²) < 4.78 is 11.0. The summed E-state index contributed by atoms with van der Waals surface area (Å²) in [6, 6.07) is 14.4. The number of carbonyl (C=O) groups excluding carboxylic acids is 1. The highest BCUT2D eigenvalue weighted by atomic mass is 35.5. The Morgan fingerprint density at radius 3 is 2.64 bits per heavy atom. The monoisotopic (exact) mass is 381 g/mol. The molecule has 1 aliphatic heterocycles. The molecule has 0 radical (unpaired) electrons. The van der Waals surface area contributed by atoms with Crippen LogP contribution in [0.1, 0.15) is 5.56 Å². The molecule has 25 heavy (non-hydrogen) atoms. The zero-order valence-corrected chi connectivity index (χ0v) is 14.8. The summed E-state index contributed by atoms with van der Waals surface area (Å²) in [5.41, 5.74) is 0.897. The molecule has 0 bridgehead atoms. The fourth-order valence-corrected chi connectivity index (χ4v) is 2.91. The van der Waals surface area contributed by atoms with Gasteiger partial charge in [0.25, 0.3) is 0 Å². The van der Waals surface area contributed by atoms with E-state index in [1.54, 1.807) is 18.2 Å². The summed E-state index contributed by atoms with van der Waals surface area (Å²) in [6.45, 7) is 0.520. The van der Waals surface area contributed by atoms with Crippen LogP contribution in [0.2, 0.25) is 10.0 Å². The topological polar surface area (TPSA) is 59.0 Å². The molecule has 7 heteroatoms. The van der Waals surface area contributed by atoms with Gasteiger partial charge in [0.2, 0.25) is 0 Å². The first-order valence-electron chi connectivity index (χ1n) is 7.79. The van der Waals surface area contributed by atoms with E-state index in [0.717, 1.165) is 5.56 Å². The van der Waals surface area contributed by atoms with Gasteiger partial charge >= 0.3 is 6.09 Å². The molecule has 0 aliphatic carbocycles. The third-order valence-electron chi connectivity index (χ3n) is 3.89. The van der Waals surface area contributed by atoms with E-state index < -0.39 is 18.3 Å². The number of aliphatic hydroxyl groups excluding tert-OH is 1. The fraction of sp³-hybridized carbons (Fsp3) is 0.278. The number of aliphatic hydroxyl groups is 1. The summed E-state index contributed by atoms with van der Waals surface area (Å²) in [7, 11) is 0. The minimum Gasteiger partial charge on any atom is -0.484 e. The number of hydrogen-bond acceptors (Lipinski definition) is 4. The molecule has 1 N–H and O–H groups in total. The average molecular weight is 382 g/mol. The second-order valence-corrected chi connectivity index (χ2v) is 6.51. The highest BCUT2D eigenvalue weighted by Crippen LogP contribution is 2.33. The SMILES string of the molecule is O=C(OCc1ccccc1)N1C[C@H](Oc2cccc(Cl)c2Cl)[C@@H](O)C1. The maximum Gasteiger partial charge on any atom is 0.410 e. The molecule has 1 aliphatic rings. The predicted octanol–water partition coefficient (Wildman–Crippen LogP) is 3.75. The summed E-state index contributed by atoms with van der Waals surface area (Å²) >= 11 is 12.0. The van der Waals surface area contributed by atoms with Crippen molar-refractivity contribution in [3.05, 3.63) is 64.1 Å². The van der Waals surface area contributed by atoms with E-state index in [2.05, 4.69) is 0 Å². The van der Waals surface area contributed by atoms with Crippen LogP contribution in [-0.2, 0) is 11.3 Å². The Bertz CT molecular complexity index is 741. The van der Waals surface area contributed by atoms with Gasteiger partial charge in [-0.2, -0.15) is 0 Å². The van der Waals surface area contributed by atoms with Crippen LogP contribution in [0, 0.1) is 0 Å². The summed E-state index contributed by atoms with van der Waals surface area (Å²) in [5, 5.41) is 10.8. The predicted molar refractivity (Wildman–Crippen MR) is 95.1 cm³/mol. The van der Waals surface area contributed by atoms with Crippen LogP contribution in [-0.4, -0.2) is 41.4 Å². The number of halogens is 2. The standard InChI is InChI=1S/C18H17Cl2NO4/c19-13-7-4-8-15(17(13)20)25-16-10-21(9-14(16)22)18(23)24-11-12-5-2-1-3-6-12/h1-8,14,16,22H,9-11H2/t14-,16-/m0/s1. The Morgan fingerprint density at radius 1 is 1.12 bits per heavy atom. The first-order chi connectivity index (χ1) is 12.0. The number of amides is 1. The molecular weight excluding hydrogens is 365 g/mol. The van der Waals surface area contributed by atoms with Crippen LogP contribution in [0.5, 0.6) is 5.75 Å². The number of ether oxygens (including phenoxy) is 2. The molecule has 1 heterocycles. The van der Waals surface area contributed by atoms with Crippen LogP contribution in [0.4, 0.5) is 4.79 Å². The van der Waals surface area contributed by atoms with Crippen molar-refractivity contribution in [3.8, 4) is 5.75 Å². The second-order valence-electron chi connectivity index (χ2n) is 5.72. The highest BCUT2D eigenvalue weighted by molar-refractivity contribution is 6.42. The largest absolute Gasteiger partial charge is 0.484 e. The van der Waals surface area contributed by atoms with E-state index in [1.807, 2.05) is 30.3 Å². The number of benzene rings is 2. The minimum atomic E-state index is -0.834. The van der Waals surface area contributed by atoms with Crippen LogP contribution >= 0.6 is 23.2 Å². The third-order valence-corrected chi connectivity index (χ3v) is 4.70. The number of β-amino-alcohol motifs (C(OH)–C–C–N with tert-alkyl or cyclic N) is 1. The number of nitrogens with zero attached hydrogens (tertiary/aromatic N) is 1. The number of likely N-dealkylation sites (tertiary alicyclic amines) is 1. The number of hydrogen-bond donors (Lipinski definition) is 1. The van der Waals surface area contributed by atoms with Gasteiger partial charge < -0.3 is 19.5 Å². The molecule has 2 atom stereocenters. The Balaban J connectivity index is 1.57. The van der Waals surface area contributed by atoms with Crippen molar-refractivity contribution in [1.29, 1.82) is 0 Å². The maximum absolute atomic E-state index is 12.2. The van der Waals surface area contributed by atoms with Crippen LogP contribution in [0.3, 0.4) is 0 Å². The Labute approximate surface area is 155 Å². The minimum absolute atomic E-state index is 0.135. The van der Waals surface area contributed by atoms with E-state index in [1.165, 1.54) is 4.90 Å². The van der Waals surface area contributed by atoms with E-state index >= 15 is 0 Å². The van der Waals surface area contributed by atoms with Gasteiger partial charge in [0.15, 0.2) is 0 Å². The molecule has 3 rings (SSSR count). The van der Waals surface area contributed by atoms with Crippen molar-refractivity contribution in [2.45, 2.75) is 18.8 Å². The van der Waals surface area contributed by atoms with Gasteiger partial charge in [-0.1, -0.05) is 59.6 Å². The smallest absolute Gasteiger partial charge is 0.410 e. The molecule has 2 aromatic carbocycles. The third kappa shape index (κ3) is 4.37. The Kier molecular flexibility index (Phi) is 5.68. The molecule has 132 valence electrons. The quantitative estimate of drug-likeness (QED) is 0.875. The molecular formula is C18H17Cl2NO4. The molecule has 0 unspecified atom stereocenters. The zero-order valence-electron chi connectivity index (χ0n) is 13.3. The van der Waals surface area contributed by atoms with Crippen molar-refractivity contribution in [2.24, 2.45) is 0 Å².